The second-order valence-electron chi connectivity index (χ2n) is 5.25. The summed E-state index contributed by atoms with van der Waals surface area (Å²) in [5, 5.41) is 7.35. The first-order valence-corrected chi connectivity index (χ1v) is 8.45. The number of rotatable bonds is 9. The third-order valence-corrected chi connectivity index (χ3v) is 3.82. The first-order valence-electron chi connectivity index (χ1n) is 8.07. The molecule has 1 aromatic carbocycles. The van der Waals surface area contributed by atoms with E-state index in [1.54, 1.807) is 13.3 Å². The zero-order valence-electron chi connectivity index (χ0n) is 14.3. The Morgan fingerprint density at radius 1 is 1.16 bits per heavy atom. The maximum absolute atomic E-state index is 6.15. The smallest absolute Gasteiger partial charge is 0.190 e. The van der Waals surface area contributed by atoms with E-state index in [4.69, 9.17) is 20.8 Å². The van der Waals surface area contributed by atoms with Gasteiger partial charge in [0, 0.05) is 31.8 Å². The van der Waals surface area contributed by atoms with Crippen molar-refractivity contribution in [2.75, 3.05) is 26.7 Å². The number of nitrogens with one attached hydrogen (secondary N) is 2. The van der Waals surface area contributed by atoms with Crippen LogP contribution in [0.4, 0.5) is 0 Å². The number of hydrogen-bond donors (Lipinski definition) is 2. The van der Waals surface area contributed by atoms with Crippen LogP contribution in [0.15, 0.2) is 52.1 Å². The highest BCUT2D eigenvalue weighted by Gasteiger charge is 2.01. The van der Waals surface area contributed by atoms with Crippen molar-refractivity contribution in [2.24, 2.45) is 4.99 Å². The van der Waals surface area contributed by atoms with E-state index in [2.05, 4.69) is 15.6 Å². The predicted molar refractivity (Wildman–Crippen MR) is 113 cm³/mol. The Kier molecular flexibility index (Phi) is 11.3. The maximum Gasteiger partial charge on any atom is 0.190 e. The summed E-state index contributed by atoms with van der Waals surface area (Å²) in [6.45, 7) is 2.75. The Bertz CT molecular complexity index is 621. The van der Waals surface area contributed by atoms with Gasteiger partial charge >= 0.3 is 0 Å². The van der Waals surface area contributed by atoms with Crippen LogP contribution in [0, 0.1) is 0 Å². The van der Waals surface area contributed by atoms with Crippen LogP contribution in [0.2, 0.25) is 5.02 Å². The molecule has 1 heterocycles. The zero-order valence-corrected chi connectivity index (χ0v) is 17.4. The lowest BCUT2D eigenvalue weighted by Gasteiger charge is -2.12. The van der Waals surface area contributed by atoms with Gasteiger partial charge in [0.2, 0.25) is 0 Å². The van der Waals surface area contributed by atoms with Crippen molar-refractivity contribution in [3.05, 3.63) is 59.0 Å². The van der Waals surface area contributed by atoms with Crippen LogP contribution in [0.1, 0.15) is 17.7 Å². The minimum atomic E-state index is 0. The van der Waals surface area contributed by atoms with Gasteiger partial charge in [0.15, 0.2) is 5.96 Å². The van der Waals surface area contributed by atoms with Crippen molar-refractivity contribution in [1.29, 1.82) is 0 Å². The normalized spacial score (nSPS) is 11.0. The van der Waals surface area contributed by atoms with Gasteiger partial charge in [-0.1, -0.05) is 29.8 Å². The van der Waals surface area contributed by atoms with Crippen LogP contribution in [0.5, 0.6) is 0 Å². The van der Waals surface area contributed by atoms with E-state index in [1.165, 1.54) is 0 Å². The number of halogens is 2. The van der Waals surface area contributed by atoms with Gasteiger partial charge in [-0.3, -0.25) is 4.99 Å². The fourth-order valence-electron chi connectivity index (χ4n) is 2.19. The molecule has 2 N–H and O–H groups in total. The van der Waals surface area contributed by atoms with Crippen molar-refractivity contribution in [2.45, 2.75) is 19.4 Å². The maximum atomic E-state index is 6.15. The molecule has 2 rings (SSSR count). The molecule has 0 saturated heterocycles. The Balaban J connectivity index is 0.00000312. The summed E-state index contributed by atoms with van der Waals surface area (Å²) in [5.74, 6) is 1.63. The van der Waals surface area contributed by atoms with E-state index < -0.39 is 0 Å². The minimum Gasteiger partial charge on any atom is -0.467 e. The van der Waals surface area contributed by atoms with Crippen LogP contribution in [-0.2, 0) is 17.8 Å². The lowest BCUT2D eigenvalue weighted by Crippen LogP contribution is -2.39. The van der Waals surface area contributed by atoms with E-state index in [1.807, 2.05) is 36.4 Å². The number of furan rings is 1. The Hall–Kier alpha value is -1.25. The van der Waals surface area contributed by atoms with E-state index in [9.17, 15) is 0 Å². The summed E-state index contributed by atoms with van der Waals surface area (Å²) < 4.78 is 10.7. The number of hydrogen-bond acceptors (Lipinski definition) is 3. The lowest BCUT2D eigenvalue weighted by molar-refractivity contribution is 0.105. The molecular weight excluding hydrogens is 453 g/mol. The van der Waals surface area contributed by atoms with Gasteiger partial charge in [-0.2, -0.15) is 0 Å². The molecule has 0 aliphatic rings. The minimum absolute atomic E-state index is 0. The molecule has 0 radical (unpaired) electrons. The molecule has 0 bridgehead atoms. The third-order valence-electron chi connectivity index (χ3n) is 3.45. The van der Waals surface area contributed by atoms with Gasteiger partial charge in [0.25, 0.3) is 0 Å². The van der Waals surface area contributed by atoms with Crippen molar-refractivity contribution in [1.82, 2.24) is 10.6 Å². The fourth-order valence-corrected chi connectivity index (χ4v) is 2.42. The average molecular weight is 478 g/mol. The van der Waals surface area contributed by atoms with E-state index >= 15 is 0 Å². The molecule has 1 aromatic heterocycles. The molecule has 0 atom stereocenters. The first-order chi connectivity index (χ1) is 11.8. The lowest BCUT2D eigenvalue weighted by atomic mass is 10.1. The molecule has 0 aliphatic carbocycles. The molecule has 2 aromatic rings. The second kappa shape index (κ2) is 13.0. The first kappa shape index (κ1) is 21.8. The van der Waals surface area contributed by atoms with Gasteiger partial charge in [-0.15, -0.1) is 24.0 Å². The molecule has 0 fully saturated rings. The number of guanidine groups is 1. The highest BCUT2D eigenvalue weighted by atomic mass is 127. The Morgan fingerprint density at radius 2 is 1.96 bits per heavy atom. The summed E-state index contributed by atoms with van der Waals surface area (Å²) in [5.41, 5.74) is 1.13. The number of benzene rings is 1. The standard InChI is InChI=1S/C18H24ClN3O2.HI/c1-20-18(22-11-9-15-6-2-3-8-17(15)19)21-10-5-12-23-14-16-7-4-13-24-16;/h2-4,6-8,13H,5,9-12,14H2,1H3,(H2,20,21,22);1H. The fraction of sp³-hybridized carbons (Fsp3) is 0.389. The molecule has 138 valence electrons. The quantitative estimate of drug-likeness (QED) is 0.249. The number of ether oxygens (including phenoxy) is 1. The molecule has 0 amide bonds. The molecule has 0 saturated carbocycles. The SMILES string of the molecule is CN=C(NCCCOCc1ccco1)NCCc1ccccc1Cl.I. The van der Waals surface area contributed by atoms with Crippen LogP contribution in [-0.4, -0.2) is 32.7 Å². The van der Waals surface area contributed by atoms with E-state index in [0.717, 1.165) is 48.2 Å². The monoisotopic (exact) mass is 477 g/mol. The van der Waals surface area contributed by atoms with Gasteiger partial charge in [-0.05, 0) is 36.6 Å². The molecule has 7 heteroatoms. The third kappa shape index (κ3) is 8.60. The highest BCUT2D eigenvalue weighted by Crippen LogP contribution is 2.14. The molecule has 5 nitrogen and oxygen atoms in total. The molecule has 0 spiro atoms. The number of nitrogens with zero attached hydrogens (tertiary/aromatic N) is 1. The van der Waals surface area contributed by atoms with Crippen LogP contribution < -0.4 is 10.6 Å². The largest absolute Gasteiger partial charge is 0.467 e. The second-order valence-corrected chi connectivity index (χ2v) is 5.66. The summed E-state index contributed by atoms with van der Waals surface area (Å²) in [6, 6.07) is 11.6. The molecule has 25 heavy (non-hydrogen) atoms. The average Bonchev–Trinajstić information content (AvgIpc) is 3.11. The Morgan fingerprint density at radius 3 is 2.68 bits per heavy atom. The van der Waals surface area contributed by atoms with Gasteiger partial charge < -0.3 is 19.8 Å². The summed E-state index contributed by atoms with van der Waals surface area (Å²) in [4.78, 5) is 4.21. The topological polar surface area (TPSA) is 58.8 Å². The summed E-state index contributed by atoms with van der Waals surface area (Å²) >= 11 is 6.15. The molecular formula is C18H25ClIN3O2. The van der Waals surface area contributed by atoms with Crippen LogP contribution in [0.25, 0.3) is 0 Å². The zero-order chi connectivity index (χ0) is 17.0. The molecule has 0 aliphatic heterocycles. The Labute approximate surface area is 171 Å². The van der Waals surface area contributed by atoms with Gasteiger partial charge in [0.1, 0.15) is 12.4 Å². The van der Waals surface area contributed by atoms with Crippen molar-refractivity contribution < 1.29 is 9.15 Å². The van der Waals surface area contributed by atoms with E-state index in [-0.39, 0.29) is 24.0 Å². The van der Waals surface area contributed by atoms with Crippen molar-refractivity contribution in [3.8, 4) is 0 Å². The van der Waals surface area contributed by atoms with Gasteiger partial charge in [0.05, 0.1) is 6.26 Å². The summed E-state index contributed by atoms with van der Waals surface area (Å²) in [6.07, 6.45) is 3.40. The van der Waals surface area contributed by atoms with Crippen molar-refractivity contribution in [3.63, 3.8) is 0 Å². The predicted octanol–water partition coefficient (Wildman–Crippen LogP) is 3.87. The van der Waals surface area contributed by atoms with Crippen molar-refractivity contribution >= 4 is 41.5 Å². The van der Waals surface area contributed by atoms with E-state index in [0.29, 0.717) is 13.2 Å². The summed E-state index contributed by atoms with van der Waals surface area (Å²) in [7, 11) is 1.76. The molecule has 0 unspecified atom stereocenters. The highest BCUT2D eigenvalue weighted by molar-refractivity contribution is 14.0. The number of aliphatic imine (C=N–C) groups is 1. The van der Waals surface area contributed by atoms with Crippen LogP contribution in [0.3, 0.4) is 0 Å². The van der Waals surface area contributed by atoms with Gasteiger partial charge in [-0.25, -0.2) is 0 Å². The van der Waals surface area contributed by atoms with Crippen LogP contribution >= 0.6 is 35.6 Å².